The summed E-state index contributed by atoms with van der Waals surface area (Å²) < 4.78 is 25.9. The fourth-order valence-corrected chi connectivity index (χ4v) is 23.1. The van der Waals surface area contributed by atoms with Crippen LogP contribution in [-0.4, -0.2) is 67.5 Å². The van der Waals surface area contributed by atoms with Crippen LogP contribution in [0.15, 0.2) is 48.5 Å². The summed E-state index contributed by atoms with van der Waals surface area (Å²) in [6.45, 7) is 37.5. The predicted molar refractivity (Wildman–Crippen MR) is 316 cm³/mol. The first-order valence-corrected chi connectivity index (χ1v) is 34.0. The smallest absolute Gasteiger partial charge is 0.240 e. The molecule has 2 aromatic carbocycles. The van der Waals surface area contributed by atoms with E-state index in [0.29, 0.717) is 52.9 Å². The van der Waals surface area contributed by atoms with Crippen LogP contribution in [0, 0.1) is 5.92 Å². The van der Waals surface area contributed by atoms with Gasteiger partial charge >= 0.3 is 0 Å². The number of amides is 2. The fraction of sp³-hybridized carbons (Fsp3) is 0.774. The molecular formula is C62H113N3O6Si2. The summed E-state index contributed by atoms with van der Waals surface area (Å²) in [5, 5.41) is 5.98. The summed E-state index contributed by atoms with van der Waals surface area (Å²) in [5.74, 6) is 1.28. The lowest BCUT2D eigenvalue weighted by Gasteiger charge is -2.42. The zero-order valence-electron chi connectivity index (χ0n) is 49.7. The van der Waals surface area contributed by atoms with Gasteiger partial charge in [0.15, 0.2) is 16.6 Å². The van der Waals surface area contributed by atoms with E-state index in [9.17, 15) is 9.59 Å². The summed E-state index contributed by atoms with van der Waals surface area (Å²) in [4.78, 5) is 26.2. The van der Waals surface area contributed by atoms with Crippen molar-refractivity contribution in [3.8, 4) is 11.5 Å². The van der Waals surface area contributed by atoms with Gasteiger partial charge in [-0.1, -0.05) is 211 Å². The Labute approximate surface area is 451 Å². The summed E-state index contributed by atoms with van der Waals surface area (Å²) in [7, 11) is -3.50. The fourth-order valence-electron chi connectivity index (χ4n) is 12.1. The SMILES string of the molecule is CC(C)CC(N)C(=O)NCC(=O)NC(C)(c1ccc(OCCCCCCCCCCCO[Si](C(C)C)(C(C)C)C(C)C)cc1)c1ccc(OCCCCCCCCCCCO[Si](C(C)C)(C(C)C)C(C)C)cc1. The minimum Gasteiger partial charge on any atom is -0.494 e. The summed E-state index contributed by atoms with van der Waals surface area (Å²) in [5.41, 5.74) is 10.9. The molecule has 0 aliphatic heterocycles. The third-order valence-corrected chi connectivity index (χ3v) is 28.2. The molecule has 0 heterocycles. The number of unbranched alkanes of at least 4 members (excludes halogenated alkanes) is 16. The Hall–Kier alpha value is -2.71. The molecule has 0 aliphatic rings. The molecule has 73 heavy (non-hydrogen) atoms. The van der Waals surface area contributed by atoms with Crippen molar-refractivity contribution < 1.29 is 27.9 Å². The van der Waals surface area contributed by atoms with Crippen LogP contribution in [0.2, 0.25) is 33.2 Å². The average Bonchev–Trinajstić information content (AvgIpc) is 3.32. The molecule has 2 aromatic rings. The molecule has 1 atom stereocenters. The van der Waals surface area contributed by atoms with E-state index in [1.807, 2.05) is 69.3 Å². The van der Waals surface area contributed by atoms with Crippen LogP contribution in [0.4, 0.5) is 0 Å². The van der Waals surface area contributed by atoms with Gasteiger partial charge in [-0.2, -0.15) is 0 Å². The molecule has 11 heteroatoms. The summed E-state index contributed by atoms with van der Waals surface area (Å²) in [6.07, 6.45) is 22.6. The van der Waals surface area contributed by atoms with Crippen LogP contribution < -0.4 is 25.8 Å². The Bertz CT molecular complexity index is 1600. The van der Waals surface area contributed by atoms with Gasteiger partial charge in [0.2, 0.25) is 11.8 Å². The van der Waals surface area contributed by atoms with E-state index in [1.54, 1.807) is 0 Å². The number of carbonyl (C=O) groups is 2. The van der Waals surface area contributed by atoms with Crippen molar-refractivity contribution in [3.05, 3.63) is 59.7 Å². The van der Waals surface area contributed by atoms with Crippen LogP contribution in [0.5, 0.6) is 11.5 Å². The highest BCUT2D eigenvalue weighted by Crippen LogP contribution is 2.43. The highest BCUT2D eigenvalue weighted by atomic mass is 28.4. The van der Waals surface area contributed by atoms with Gasteiger partial charge in [0.05, 0.1) is 31.3 Å². The van der Waals surface area contributed by atoms with Crippen molar-refractivity contribution in [2.75, 3.05) is 33.0 Å². The third-order valence-electron chi connectivity index (χ3n) is 16.0. The average molecular weight is 1050 g/mol. The van der Waals surface area contributed by atoms with Crippen LogP contribution in [0.3, 0.4) is 0 Å². The Morgan fingerprint density at radius 1 is 0.466 bits per heavy atom. The maximum atomic E-state index is 13.5. The van der Waals surface area contributed by atoms with Crippen LogP contribution in [0.1, 0.15) is 237 Å². The first-order valence-electron chi connectivity index (χ1n) is 29.7. The lowest BCUT2D eigenvalue weighted by Crippen LogP contribution is -2.50. The number of nitrogens with one attached hydrogen (secondary N) is 2. The second-order valence-electron chi connectivity index (χ2n) is 24.1. The molecule has 0 radical (unpaired) electrons. The molecule has 0 saturated heterocycles. The van der Waals surface area contributed by atoms with Crippen molar-refractivity contribution in [1.82, 2.24) is 10.6 Å². The number of ether oxygens (including phenoxy) is 2. The van der Waals surface area contributed by atoms with Crippen molar-refractivity contribution in [1.29, 1.82) is 0 Å². The Morgan fingerprint density at radius 3 is 1.04 bits per heavy atom. The zero-order valence-corrected chi connectivity index (χ0v) is 51.7. The molecule has 1 unspecified atom stereocenters. The maximum absolute atomic E-state index is 13.5. The van der Waals surface area contributed by atoms with E-state index in [0.717, 1.165) is 61.5 Å². The van der Waals surface area contributed by atoms with Gasteiger partial charge in [-0.05, 0) is 114 Å². The molecule has 0 aromatic heterocycles. The predicted octanol–water partition coefficient (Wildman–Crippen LogP) is 16.7. The van der Waals surface area contributed by atoms with Gasteiger partial charge in [0.1, 0.15) is 11.5 Å². The monoisotopic (exact) mass is 1050 g/mol. The Morgan fingerprint density at radius 2 is 0.753 bits per heavy atom. The van der Waals surface area contributed by atoms with Gasteiger partial charge < -0.3 is 34.7 Å². The second-order valence-corrected chi connectivity index (χ2v) is 35.0. The summed E-state index contributed by atoms with van der Waals surface area (Å²) >= 11 is 0. The molecular weight excluding hydrogens is 939 g/mol. The largest absolute Gasteiger partial charge is 0.494 e. The molecule has 2 rings (SSSR count). The van der Waals surface area contributed by atoms with E-state index in [2.05, 4.69) is 93.7 Å². The highest BCUT2D eigenvalue weighted by Gasteiger charge is 2.46. The Balaban J connectivity index is 1.82. The molecule has 0 saturated carbocycles. The molecule has 0 fully saturated rings. The molecule has 4 N–H and O–H groups in total. The first kappa shape index (κ1) is 66.4. The number of carbonyl (C=O) groups excluding carboxylic acids is 2. The molecule has 0 aliphatic carbocycles. The van der Waals surface area contributed by atoms with E-state index in [-0.39, 0.29) is 24.3 Å². The number of nitrogens with two attached hydrogens (primary N) is 1. The number of hydrogen-bond donors (Lipinski definition) is 3. The zero-order chi connectivity index (χ0) is 54.5. The number of benzene rings is 2. The number of rotatable bonds is 42. The Kier molecular flexibility index (Phi) is 32.4. The molecule has 9 nitrogen and oxygen atoms in total. The van der Waals surface area contributed by atoms with Gasteiger partial charge in [0, 0.05) is 13.2 Å². The summed E-state index contributed by atoms with van der Waals surface area (Å²) in [6, 6.07) is 15.4. The molecule has 2 amide bonds. The second kappa shape index (κ2) is 35.6. The van der Waals surface area contributed by atoms with E-state index >= 15 is 0 Å². The number of hydrogen-bond acceptors (Lipinski definition) is 7. The topological polar surface area (TPSA) is 121 Å². The van der Waals surface area contributed by atoms with Crippen LogP contribution >= 0.6 is 0 Å². The van der Waals surface area contributed by atoms with Crippen molar-refractivity contribution in [3.63, 3.8) is 0 Å². The minimum absolute atomic E-state index is 0.164. The van der Waals surface area contributed by atoms with Gasteiger partial charge in [-0.15, -0.1) is 0 Å². The normalized spacial score (nSPS) is 13.1. The van der Waals surface area contributed by atoms with Crippen LogP contribution in [-0.2, 0) is 24.0 Å². The highest BCUT2D eigenvalue weighted by molar-refractivity contribution is 6.78. The van der Waals surface area contributed by atoms with Crippen molar-refractivity contribution in [2.45, 2.75) is 271 Å². The third kappa shape index (κ3) is 22.8. The quantitative estimate of drug-likeness (QED) is 0.0447. The molecule has 420 valence electrons. The standard InChI is InChI=1S/C62H113N3O6Si2/c1-48(2)46-59(63)61(67)64-47-60(66)65-62(15,55-34-38-57(39-35-55)68-42-30-26-22-18-16-20-24-28-32-44-70-72(49(3)4,50(5)6)51(7)8)56-36-40-58(41-37-56)69-43-31-27-23-19-17-21-25-29-33-45-71-73(52(9)10,53(11)12)54(13)14/h34-41,48-54,59H,16-33,42-47,63H2,1-15H3,(H,64,67)(H,65,66). The van der Waals surface area contributed by atoms with Crippen molar-refractivity contribution >= 4 is 28.4 Å². The van der Waals surface area contributed by atoms with Gasteiger partial charge in [0.25, 0.3) is 0 Å². The lowest BCUT2D eigenvalue weighted by atomic mass is 9.84. The van der Waals surface area contributed by atoms with Gasteiger partial charge in [-0.25, -0.2) is 0 Å². The van der Waals surface area contributed by atoms with E-state index in [4.69, 9.17) is 24.1 Å². The van der Waals surface area contributed by atoms with E-state index in [1.165, 1.54) is 89.9 Å². The van der Waals surface area contributed by atoms with Crippen molar-refractivity contribution in [2.24, 2.45) is 11.7 Å². The minimum atomic E-state index is -1.75. The lowest BCUT2D eigenvalue weighted by molar-refractivity contribution is -0.127. The molecule has 0 spiro atoms. The first-order chi connectivity index (χ1) is 34.6. The van der Waals surface area contributed by atoms with E-state index < -0.39 is 28.2 Å². The van der Waals surface area contributed by atoms with Crippen LogP contribution in [0.25, 0.3) is 0 Å². The van der Waals surface area contributed by atoms with Gasteiger partial charge in [-0.3, -0.25) is 9.59 Å². The molecule has 0 bridgehead atoms. The maximum Gasteiger partial charge on any atom is 0.240 e.